The molecule has 5 nitrogen and oxygen atoms in total. The lowest BCUT2D eigenvalue weighted by molar-refractivity contribution is -0.140. The monoisotopic (exact) mass is 318 g/mol. The van der Waals surface area contributed by atoms with Crippen molar-refractivity contribution in [3.8, 4) is 0 Å². The topological polar surface area (TPSA) is 67.4 Å². The summed E-state index contributed by atoms with van der Waals surface area (Å²) in [5.74, 6) is -0.206. The van der Waals surface area contributed by atoms with Gasteiger partial charge in [-0.05, 0) is 45.6 Å². The molecule has 0 aromatic heterocycles. The smallest absolute Gasteiger partial charge is 0.408 e. The van der Waals surface area contributed by atoms with E-state index in [0.717, 1.165) is 18.4 Å². The Morgan fingerprint density at radius 3 is 2.61 bits per heavy atom. The zero-order valence-corrected chi connectivity index (χ0v) is 14.1. The van der Waals surface area contributed by atoms with Gasteiger partial charge in [0.05, 0.1) is 0 Å². The van der Waals surface area contributed by atoms with Crippen molar-refractivity contribution in [3.63, 3.8) is 0 Å². The van der Waals surface area contributed by atoms with Crippen LogP contribution in [0.15, 0.2) is 30.3 Å². The fraction of sp³-hybridized carbons (Fsp3) is 0.556. The molecule has 2 rings (SSSR count). The van der Waals surface area contributed by atoms with E-state index in [1.165, 1.54) is 0 Å². The highest BCUT2D eigenvalue weighted by Gasteiger charge is 2.43. The zero-order valence-electron chi connectivity index (χ0n) is 14.1. The average molecular weight is 318 g/mol. The maximum atomic E-state index is 12.6. The highest BCUT2D eigenvalue weighted by Crippen LogP contribution is 2.27. The molecule has 1 aliphatic rings. The quantitative estimate of drug-likeness (QED) is 0.900. The molecule has 1 aromatic carbocycles. The molecule has 1 heterocycles. The summed E-state index contributed by atoms with van der Waals surface area (Å²) in [5.41, 5.74) is -0.576. The third-order valence-corrected chi connectivity index (χ3v) is 3.80. The van der Waals surface area contributed by atoms with Gasteiger partial charge in [-0.25, -0.2) is 4.79 Å². The lowest BCUT2D eigenvalue weighted by atomic mass is 9.89. The molecule has 23 heavy (non-hydrogen) atoms. The molecule has 0 bridgehead atoms. The van der Waals surface area contributed by atoms with Crippen LogP contribution < -0.4 is 10.6 Å². The van der Waals surface area contributed by atoms with Crippen molar-refractivity contribution >= 4 is 12.0 Å². The third kappa shape index (κ3) is 4.98. The van der Waals surface area contributed by atoms with Gasteiger partial charge in [0.15, 0.2) is 5.60 Å². The van der Waals surface area contributed by atoms with Gasteiger partial charge in [-0.15, -0.1) is 0 Å². The summed E-state index contributed by atoms with van der Waals surface area (Å²) in [5, 5.41) is 5.66. The van der Waals surface area contributed by atoms with Gasteiger partial charge in [0.2, 0.25) is 0 Å². The van der Waals surface area contributed by atoms with E-state index in [-0.39, 0.29) is 5.91 Å². The Balaban J connectivity index is 2.23. The molecular weight excluding hydrogens is 292 g/mol. The van der Waals surface area contributed by atoms with E-state index in [1.54, 1.807) is 0 Å². The third-order valence-electron chi connectivity index (χ3n) is 3.80. The molecule has 2 N–H and O–H groups in total. The van der Waals surface area contributed by atoms with Crippen molar-refractivity contribution in [3.05, 3.63) is 35.9 Å². The first-order chi connectivity index (χ1) is 10.8. The van der Waals surface area contributed by atoms with Crippen LogP contribution in [0.25, 0.3) is 0 Å². The molecule has 5 heteroatoms. The minimum absolute atomic E-state index is 0.206. The fourth-order valence-electron chi connectivity index (χ4n) is 2.75. The second-order valence-electron chi connectivity index (χ2n) is 7.13. The van der Waals surface area contributed by atoms with Gasteiger partial charge in [0.1, 0.15) is 0 Å². The van der Waals surface area contributed by atoms with Crippen LogP contribution in [0.1, 0.15) is 45.6 Å². The van der Waals surface area contributed by atoms with E-state index < -0.39 is 17.2 Å². The number of benzene rings is 1. The van der Waals surface area contributed by atoms with Crippen molar-refractivity contribution in [1.82, 2.24) is 10.6 Å². The number of carbonyl (C=O) groups is 2. The van der Waals surface area contributed by atoms with Crippen LogP contribution in [0.3, 0.4) is 0 Å². The Labute approximate surface area is 137 Å². The number of hydrogen-bond acceptors (Lipinski definition) is 3. The average Bonchev–Trinajstić information content (AvgIpc) is 2.61. The summed E-state index contributed by atoms with van der Waals surface area (Å²) in [4.78, 5) is 24.9. The van der Waals surface area contributed by atoms with Gasteiger partial charge in [-0.2, -0.15) is 0 Å². The minimum Gasteiger partial charge on any atom is -0.432 e. The van der Waals surface area contributed by atoms with E-state index >= 15 is 0 Å². The predicted molar refractivity (Wildman–Crippen MR) is 89.1 cm³/mol. The fourth-order valence-corrected chi connectivity index (χ4v) is 2.75. The van der Waals surface area contributed by atoms with Gasteiger partial charge in [-0.3, -0.25) is 4.79 Å². The lowest BCUT2D eigenvalue weighted by Gasteiger charge is -2.32. The van der Waals surface area contributed by atoms with Crippen LogP contribution >= 0.6 is 0 Å². The molecule has 1 saturated heterocycles. The molecule has 0 unspecified atom stereocenters. The van der Waals surface area contributed by atoms with Crippen LogP contribution in [0, 0.1) is 0 Å². The van der Waals surface area contributed by atoms with Crippen LogP contribution in [-0.4, -0.2) is 29.7 Å². The number of amides is 2. The number of carbonyl (C=O) groups excluding carboxylic acids is 2. The van der Waals surface area contributed by atoms with Gasteiger partial charge in [-0.1, -0.05) is 30.3 Å². The Morgan fingerprint density at radius 1 is 1.26 bits per heavy atom. The maximum Gasteiger partial charge on any atom is 0.408 e. The molecule has 1 fully saturated rings. The zero-order chi connectivity index (χ0) is 16.9. The minimum atomic E-state index is -1.15. The largest absolute Gasteiger partial charge is 0.432 e. The molecule has 0 aliphatic carbocycles. The number of alkyl carbamates (subject to hydrolysis) is 1. The SMILES string of the molecule is CC(C)(C)NC(=O)O[C@]1(Cc2ccccc2)CCCCNC1=O. The second-order valence-corrected chi connectivity index (χ2v) is 7.13. The van der Waals surface area contributed by atoms with E-state index in [9.17, 15) is 9.59 Å². The molecule has 0 radical (unpaired) electrons. The highest BCUT2D eigenvalue weighted by molar-refractivity contribution is 5.88. The molecule has 1 aromatic rings. The normalized spacial score (nSPS) is 22.0. The molecule has 0 saturated carbocycles. The van der Waals surface area contributed by atoms with E-state index in [2.05, 4.69) is 10.6 Å². The highest BCUT2D eigenvalue weighted by atomic mass is 16.6. The summed E-state index contributed by atoms with van der Waals surface area (Å²) in [6.45, 7) is 6.27. The predicted octanol–water partition coefficient (Wildman–Crippen LogP) is 2.79. The first-order valence-electron chi connectivity index (χ1n) is 8.14. The maximum absolute atomic E-state index is 12.6. The van der Waals surface area contributed by atoms with Gasteiger partial charge in [0.25, 0.3) is 5.91 Å². The van der Waals surface area contributed by atoms with E-state index in [0.29, 0.717) is 19.4 Å². The standard InChI is InChI=1S/C18H26N2O3/c1-17(2,3)20-16(22)23-18(11-7-8-12-19-15(18)21)13-14-9-5-4-6-10-14/h4-6,9-10H,7-8,11-13H2,1-3H3,(H,19,21)(H,20,22)/t18-/m0/s1. The number of rotatable bonds is 3. The first-order valence-corrected chi connectivity index (χ1v) is 8.14. The molecule has 126 valence electrons. The van der Waals surface area contributed by atoms with Crippen LogP contribution in [-0.2, 0) is 16.0 Å². The molecule has 0 spiro atoms. The summed E-state index contributed by atoms with van der Waals surface area (Å²) in [6.07, 6.45) is 2.11. The molecular formula is C18H26N2O3. The van der Waals surface area contributed by atoms with Crippen molar-refractivity contribution in [2.24, 2.45) is 0 Å². The van der Waals surface area contributed by atoms with Crippen LogP contribution in [0.5, 0.6) is 0 Å². The second kappa shape index (κ2) is 7.02. The van der Waals surface area contributed by atoms with Crippen LogP contribution in [0.4, 0.5) is 4.79 Å². The Hall–Kier alpha value is -2.04. The van der Waals surface area contributed by atoms with Crippen molar-refractivity contribution in [2.45, 2.75) is 57.6 Å². The number of hydrogen-bond donors (Lipinski definition) is 2. The molecule has 2 amide bonds. The van der Waals surface area contributed by atoms with Crippen LogP contribution in [0.2, 0.25) is 0 Å². The number of ether oxygens (including phenoxy) is 1. The Morgan fingerprint density at radius 2 is 1.96 bits per heavy atom. The van der Waals surface area contributed by atoms with Crippen molar-refractivity contribution in [1.29, 1.82) is 0 Å². The summed E-state index contributed by atoms with van der Waals surface area (Å²) < 4.78 is 5.69. The summed E-state index contributed by atoms with van der Waals surface area (Å²) >= 11 is 0. The van der Waals surface area contributed by atoms with E-state index in [4.69, 9.17) is 4.74 Å². The summed E-state index contributed by atoms with van der Waals surface area (Å²) in [6, 6.07) is 9.67. The molecule has 1 aliphatic heterocycles. The Kier molecular flexibility index (Phi) is 5.29. The van der Waals surface area contributed by atoms with Gasteiger partial charge in [0, 0.05) is 18.5 Å². The lowest BCUT2D eigenvalue weighted by Crippen LogP contribution is -2.53. The molecule has 1 atom stereocenters. The Bertz CT molecular complexity index is 551. The first kappa shape index (κ1) is 17.3. The van der Waals surface area contributed by atoms with E-state index in [1.807, 2.05) is 51.1 Å². The van der Waals surface area contributed by atoms with Crippen molar-refractivity contribution in [2.75, 3.05) is 6.54 Å². The van der Waals surface area contributed by atoms with Gasteiger partial charge >= 0.3 is 6.09 Å². The van der Waals surface area contributed by atoms with Crippen molar-refractivity contribution < 1.29 is 14.3 Å². The van der Waals surface area contributed by atoms with Gasteiger partial charge < -0.3 is 15.4 Å². The number of nitrogens with one attached hydrogen (secondary N) is 2. The summed E-state index contributed by atoms with van der Waals surface area (Å²) in [7, 11) is 0.